The number of rotatable bonds is 9. The highest BCUT2D eigenvalue weighted by atomic mass is 16.4. The van der Waals surface area contributed by atoms with Gasteiger partial charge in [-0.1, -0.05) is 87.0 Å². The van der Waals surface area contributed by atoms with Crippen LogP contribution in [0.15, 0.2) is 66.7 Å². The molecule has 0 heterocycles. The maximum atomic E-state index is 13.7. The van der Waals surface area contributed by atoms with Crippen molar-refractivity contribution >= 4 is 28.5 Å². The van der Waals surface area contributed by atoms with E-state index in [-0.39, 0.29) is 17.7 Å². The third-order valence-electron chi connectivity index (χ3n) is 6.38. The van der Waals surface area contributed by atoms with Crippen LogP contribution >= 0.6 is 0 Å². The minimum Gasteiger partial charge on any atom is -0.480 e. The molecule has 0 aliphatic heterocycles. The molecule has 1 amide bonds. The van der Waals surface area contributed by atoms with Crippen molar-refractivity contribution in [3.8, 4) is 0 Å². The summed E-state index contributed by atoms with van der Waals surface area (Å²) in [5.74, 6) is -1.96. The first-order chi connectivity index (χ1) is 15.7. The predicted molar refractivity (Wildman–Crippen MR) is 131 cm³/mol. The van der Waals surface area contributed by atoms with E-state index in [4.69, 9.17) is 11.1 Å². The Bertz CT molecular complexity index is 1160. The number of carboxylic acid groups (broad SMARTS) is 1. The fourth-order valence-corrected chi connectivity index (χ4v) is 4.23. The van der Waals surface area contributed by atoms with Gasteiger partial charge in [0.15, 0.2) is 0 Å². The number of hydrogen-bond donors (Lipinski definition) is 3. The summed E-state index contributed by atoms with van der Waals surface area (Å²) in [4.78, 5) is 27.1. The average Bonchev–Trinajstić information content (AvgIpc) is 2.81. The summed E-state index contributed by atoms with van der Waals surface area (Å²) in [6.45, 7) is 3.78. The van der Waals surface area contributed by atoms with Crippen LogP contribution in [0, 0.1) is 11.3 Å². The number of carbonyl (C=O) groups is 2. The van der Waals surface area contributed by atoms with Gasteiger partial charge in [-0.2, -0.15) is 0 Å². The molecule has 33 heavy (non-hydrogen) atoms. The number of fused-ring (bicyclic) bond motifs is 1. The number of nitrogens with two attached hydrogens (primary N) is 1. The number of nitrogens with zero attached hydrogens (tertiary/aromatic N) is 1. The van der Waals surface area contributed by atoms with Gasteiger partial charge >= 0.3 is 5.97 Å². The second-order valence-corrected chi connectivity index (χ2v) is 8.59. The third-order valence-corrected chi connectivity index (χ3v) is 6.38. The third kappa shape index (κ3) is 5.40. The maximum Gasteiger partial charge on any atom is 0.326 e. The van der Waals surface area contributed by atoms with Crippen molar-refractivity contribution in [1.29, 1.82) is 5.41 Å². The smallest absolute Gasteiger partial charge is 0.326 e. The van der Waals surface area contributed by atoms with E-state index in [2.05, 4.69) is 0 Å². The highest BCUT2D eigenvalue weighted by Crippen LogP contribution is 2.28. The van der Waals surface area contributed by atoms with Gasteiger partial charge in [-0.25, -0.2) is 4.79 Å². The molecule has 0 bridgehead atoms. The number of carbonyl (C=O) groups excluding carboxylic acids is 1. The highest BCUT2D eigenvalue weighted by molar-refractivity contribution is 5.95. The van der Waals surface area contributed by atoms with Crippen LogP contribution in [-0.2, 0) is 16.0 Å². The summed E-state index contributed by atoms with van der Waals surface area (Å²) in [6, 6.07) is 20.3. The molecule has 3 rings (SSSR count). The van der Waals surface area contributed by atoms with Crippen molar-refractivity contribution in [2.24, 2.45) is 11.7 Å². The Morgan fingerprint density at radius 2 is 1.67 bits per heavy atom. The van der Waals surface area contributed by atoms with E-state index < -0.39 is 17.9 Å². The molecule has 0 aliphatic rings. The molecular weight excluding hydrogens is 414 g/mol. The Labute approximate surface area is 194 Å². The van der Waals surface area contributed by atoms with Crippen LogP contribution in [0.4, 0.5) is 0 Å². The molecule has 6 heteroatoms. The van der Waals surface area contributed by atoms with Crippen LogP contribution in [0.3, 0.4) is 0 Å². The molecule has 3 aromatic carbocycles. The van der Waals surface area contributed by atoms with Gasteiger partial charge in [-0.05, 0) is 34.2 Å². The minimum absolute atomic E-state index is 0.0127. The summed E-state index contributed by atoms with van der Waals surface area (Å²) in [5, 5.41) is 19.5. The lowest BCUT2D eigenvalue weighted by molar-refractivity contribution is -0.151. The number of likely N-dealkylation sites (N-methyl/N-ethyl adjacent to an activating group) is 1. The second-order valence-electron chi connectivity index (χ2n) is 8.59. The SMILES string of the molecule is CC[C@H](C)[C@@H](C(=O)O)N(C)C(=O)[C@H](Cc1ccc(C(=N)N)cc1)c1ccc2ccccc2c1. The molecule has 3 aromatic rings. The standard InChI is InChI=1S/C27H31N3O3/c1-4-17(2)24(27(32)33)30(3)26(31)23(15-18-9-11-20(12-10-18)25(28)29)22-14-13-19-7-5-6-8-21(19)16-22/h5-14,16-17,23-24H,4,15H2,1-3H3,(H3,28,29)(H,32,33)/t17-,23+,24-/m0/s1. The number of hydrogen-bond acceptors (Lipinski definition) is 3. The summed E-state index contributed by atoms with van der Waals surface area (Å²) >= 11 is 0. The number of amidine groups is 1. The van der Waals surface area contributed by atoms with Crippen molar-refractivity contribution < 1.29 is 14.7 Å². The van der Waals surface area contributed by atoms with E-state index in [0.29, 0.717) is 18.4 Å². The number of nitrogens with one attached hydrogen (secondary N) is 1. The summed E-state index contributed by atoms with van der Waals surface area (Å²) in [5.41, 5.74) is 7.94. The van der Waals surface area contributed by atoms with E-state index in [1.54, 1.807) is 19.2 Å². The number of amides is 1. The van der Waals surface area contributed by atoms with E-state index in [0.717, 1.165) is 21.9 Å². The lowest BCUT2D eigenvalue weighted by Gasteiger charge is -2.32. The quantitative estimate of drug-likeness (QED) is 0.335. The van der Waals surface area contributed by atoms with Gasteiger partial charge in [0, 0.05) is 12.6 Å². The monoisotopic (exact) mass is 445 g/mol. The zero-order valence-corrected chi connectivity index (χ0v) is 19.3. The van der Waals surface area contributed by atoms with Gasteiger partial charge in [0.2, 0.25) is 5.91 Å². The van der Waals surface area contributed by atoms with Crippen LogP contribution in [0.5, 0.6) is 0 Å². The molecule has 6 nitrogen and oxygen atoms in total. The highest BCUT2D eigenvalue weighted by Gasteiger charge is 2.35. The van der Waals surface area contributed by atoms with Gasteiger partial charge in [0.25, 0.3) is 0 Å². The van der Waals surface area contributed by atoms with Gasteiger partial charge in [0.05, 0.1) is 5.92 Å². The Kier molecular flexibility index (Phi) is 7.48. The summed E-state index contributed by atoms with van der Waals surface area (Å²) in [6.07, 6.45) is 1.06. The van der Waals surface area contributed by atoms with Crippen LogP contribution in [0.25, 0.3) is 10.8 Å². The summed E-state index contributed by atoms with van der Waals surface area (Å²) in [7, 11) is 1.58. The first kappa shape index (κ1) is 24.0. The molecule has 0 spiro atoms. The lowest BCUT2D eigenvalue weighted by atomic mass is 9.88. The zero-order chi connectivity index (χ0) is 24.1. The number of benzene rings is 3. The molecule has 0 unspecified atom stereocenters. The molecule has 0 aromatic heterocycles. The Hall–Kier alpha value is -3.67. The van der Waals surface area contributed by atoms with Crippen LogP contribution in [-0.4, -0.2) is 40.8 Å². The Balaban J connectivity index is 2.02. The van der Waals surface area contributed by atoms with E-state index in [1.165, 1.54) is 4.90 Å². The molecule has 172 valence electrons. The zero-order valence-electron chi connectivity index (χ0n) is 19.3. The predicted octanol–water partition coefficient (Wildman–Crippen LogP) is 4.41. The second kappa shape index (κ2) is 10.3. The molecule has 0 saturated carbocycles. The minimum atomic E-state index is -0.997. The van der Waals surface area contributed by atoms with Crippen LogP contribution in [0.1, 0.15) is 42.9 Å². The van der Waals surface area contributed by atoms with E-state index >= 15 is 0 Å². The first-order valence-electron chi connectivity index (χ1n) is 11.1. The maximum absolute atomic E-state index is 13.7. The molecular formula is C27H31N3O3. The first-order valence-corrected chi connectivity index (χ1v) is 11.1. The van der Waals surface area contributed by atoms with Crippen molar-refractivity contribution in [1.82, 2.24) is 4.90 Å². The van der Waals surface area contributed by atoms with Crippen LogP contribution < -0.4 is 5.73 Å². The molecule has 0 aliphatic carbocycles. The van der Waals surface area contributed by atoms with Gasteiger partial charge in [-0.3, -0.25) is 10.2 Å². The Morgan fingerprint density at radius 1 is 1.03 bits per heavy atom. The largest absolute Gasteiger partial charge is 0.480 e. The molecule has 0 fully saturated rings. The normalized spacial score (nSPS) is 13.8. The van der Waals surface area contributed by atoms with Crippen molar-refractivity contribution in [3.05, 3.63) is 83.4 Å². The van der Waals surface area contributed by atoms with Crippen molar-refractivity contribution in [2.75, 3.05) is 7.05 Å². The van der Waals surface area contributed by atoms with Gasteiger partial charge < -0.3 is 15.7 Å². The number of aliphatic carboxylic acids is 1. The number of nitrogen functional groups attached to an aromatic ring is 1. The Morgan fingerprint density at radius 3 is 2.24 bits per heavy atom. The molecule has 3 atom stereocenters. The van der Waals surface area contributed by atoms with Gasteiger partial charge in [-0.15, -0.1) is 0 Å². The summed E-state index contributed by atoms with van der Waals surface area (Å²) < 4.78 is 0. The molecule has 4 N–H and O–H groups in total. The van der Waals surface area contributed by atoms with E-state index in [9.17, 15) is 14.7 Å². The van der Waals surface area contributed by atoms with E-state index in [1.807, 2.05) is 68.4 Å². The fourth-order valence-electron chi connectivity index (χ4n) is 4.23. The average molecular weight is 446 g/mol. The topological polar surface area (TPSA) is 107 Å². The number of carboxylic acids is 1. The molecule has 0 radical (unpaired) electrons. The fraction of sp³-hybridized carbons (Fsp3) is 0.296. The molecule has 0 saturated heterocycles. The lowest BCUT2D eigenvalue weighted by Crippen LogP contribution is -2.48. The van der Waals surface area contributed by atoms with Crippen LogP contribution in [0.2, 0.25) is 0 Å². The van der Waals surface area contributed by atoms with Gasteiger partial charge in [0.1, 0.15) is 11.9 Å². The van der Waals surface area contributed by atoms with Crippen molar-refractivity contribution in [3.63, 3.8) is 0 Å². The van der Waals surface area contributed by atoms with Crippen molar-refractivity contribution in [2.45, 2.75) is 38.6 Å².